The van der Waals surface area contributed by atoms with Crippen LogP contribution in [0.3, 0.4) is 0 Å². The standard InChI is InChI=1S/C18H28O2S/c1-6-7-8-9-16(17(19)18(3,4)5)21(20)15-12-10-14(2)11-13-15/h9-13,17,19H,6-8H2,1-5H3/b16-9+/t17-,21?/m0/s1. The number of unbranched alkanes of at least 4 members (excludes halogenated alkanes) is 2. The number of rotatable bonds is 6. The van der Waals surface area contributed by atoms with Crippen LogP contribution < -0.4 is 0 Å². The first-order valence-electron chi connectivity index (χ1n) is 7.64. The summed E-state index contributed by atoms with van der Waals surface area (Å²) in [5.74, 6) is 0. The van der Waals surface area contributed by atoms with Crippen LogP contribution in [0.5, 0.6) is 0 Å². The summed E-state index contributed by atoms with van der Waals surface area (Å²) in [4.78, 5) is 1.39. The molecule has 1 rings (SSSR count). The van der Waals surface area contributed by atoms with Crippen molar-refractivity contribution in [3.8, 4) is 0 Å². The van der Waals surface area contributed by atoms with E-state index in [2.05, 4.69) is 6.92 Å². The minimum absolute atomic E-state index is 0.321. The minimum atomic E-state index is -1.30. The van der Waals surface area contributed by atoms with E-state index in [4.69, 9.17) is 0 Å². The molecule has 0 aromatic heterocycles. The van der Waals surface area contributed by atoms with Crippen LogP contribution in [0.25, 0.3) is 0 Å². The molecular weight excluding hydrogens is 280 g/mol. The molecule has 0 spiro atoms. The highest BCUT2D eigenvalue weighted by molar-refractivity contribution is 7.89. The van der Waals surface area contributed by atoms with E-state index in [1.54, 1.807) is 0 Å². The fourth-order valence-corrected chi connectivity index (χ4v) is 3.44. The van der Waals surface area contributed by atoms with Gasteiger partial charge in [-0.2, -0.15) is 0 Å². The molecule has 0 bridgehead atoms. The second kappa shape index (κ2) is 7.90. The SMILES string of the molecule is CCCC/C=C(\[C@H](O)C(C)(C)C)S(=O)c1ccc(C)cc1. The van der Waals surface area contributed by atoms with E-state index in [9.17, 15) is 9.32 Å². The van der Waals surface area contributed by atoms with E-state index < -0.39 is 16.9 Å². The molecule has 1 unspecified atom stereocenters. The summed E-state index contributed by atoms with van der Waals surface area (Å²) in [5, 5.41) is 10.6. The van der Waals surface area contributed by atoms with Crippen molar-refractivity contribution in [1.29, 1.82) is 0 Å². The summed E-state index contributed by atoms with van der Waals surface area (Å²) in [6.07, 6.45) is 4.26. The summed E-state index contributed by atoms with van der Waals surface area (Å²) in [6.45, 7) is 10.0. The number of benzene rings is 1. The first-order chi connectivity index (χ1) is 9.77. The number of hydrogen-bond donors (Lipinski definition) is 1. The predicted molar refractivity (Wildman–Crippen MR) is 90.7 cm³/mol. The normalized spacial score (nSPS) is 15.8. The first kappa shape index (κ1) is 18.1. The van der Waals surface area contributed by atoms with Crippen molar-refractivity contribution >= 4 is 10.8 Å². The van der Waals surface area contributed by atoms with Gasteiger partial charge in [-0.1, -0.05) is 64.3 Å². The zero-order valence-corrected chi connectivity index (χ0v) is 14.7. The van der Waals surface area contributed by atoms with E-state index in [0.29, 0.717) is 4.91 Å². The van der Waals surface area contributed by atoms with Gasteiger partial charge in [-0.05, 0) is 30.9 Å². The summed E-state index contributed by atoms with van der Waals surface area (Å²) in [5.41, 5.74) is 0.821. The fourth-order valence-electron chi connectivity index (χ4n) is 1.96. The van der Waals surface area contributed by atoms with Gasteiger partial charge in [0, 0.05) is 9.80 Å². The predicted octanol–water partition coefficient (Wildman–Crippen LogP) is 4.58. The van der Waals surface area contributed by atoms with Crippen molar-refractivity contribution in [3.05, 3.63) is 40.8 Å². The molecule has 0 radical (unpaired) electrons. The van der Waals surface area contributed by atoms with E-state index in [-0.39, 0.29) is 5.41 Å². The van der Waals surface area contributed by atoms with Crippen molar-refractivity contribution in [2.75, 3.05) is 0 Å². The Hall–Kier alpha value is -0.930. The maximum atomic E-state index is 12.8. The number of aryl methyl sites for hydroxylation is 1. The molecule has 2 atom stereocenters. The van der Waals surface area contributed by atoms with Crippen LogP contribution in [0, 0.1) is 12.3 Å². The van der Waals surface area contributed by atoms with E-state index in [0.717, 1.165) is 29.7 Å². The molecule has 118 valence electrons. The molecule has 1 aromatic rings. The second-order valence-corrected chi connectivity index (χ2v) is 8.08. The van der Waals surface area contributed by atoms with E-state index in [1.165, 1.54) is 0 Å². The average molecular weight is 308 g/mol. The lowest BCUT2D eigenvalue weighted by Gasteiger charge is -2.28. The maximum absolute atomic E-state index is 12.8. The summed E-state index contributed by atoms with van der Waals surface area (Å²) >= 11 is 0. The van der Waals surface area contributed by atoms with Gasteiger partial charge < -0.3 is 5.11 Å². The zero-order valence-electron chi connectivity index (χ0n) is 13.8. The van der Waals surface area contributed by atoms with Gasteiger partial charge in [0.05, 0.1) is 16.9 Å². The Balaban J connectivity index is 3.08. The summed E-state index contributed by atoms with van der Waals surface area (Å²) < 4.78 is 12.8. The minimum Gasteiger partial charge on any atom is -0.387 e. The van der Waals surface area contributed by atoms with Crippen LogP contribution >= 0.6 is 0 Å². The number of allylic oxidation sites excluding steroid dienone is 1. The molecule has 0 fully saturated rings. The molecule has 0 aliphatic heterocycles. The lowest BCUT2D eigenvalue weighted by molar-refractivity contribution is 0.101. The lowest BCUT2D eigenvalue weighted by Crippen LogP contribution is -2.29. The highest BCUT2D eigenvalue weighted by atomic mass is 32.2. The maximum Gasteiger partial charge on any atom is 0.0922 e. The monoisotopic (exact) mass is 308 g/mol. The van der Waals surface area contributed by atoms with Gasteiger partial charge in [0.2, 0.25) is 0 Å². The molecule has 0 aliphatic rings. The molecule has 0 saturated carbocycles. The Kier molecular flexibility index (Phi) is 6.82. The average Bonchev–Trinajstić information content (AvgIpc) is 2.42. The molecular formula is C18H28O2S. The number of aliphatic hydroxyl groups excluding tert-OH is 1. The summed E-state index contributed by atoms with van der Waals surface area (Å²) in [6, 6.07) is 7.68. The van der Waals surface area contributed by atoms with Gasteiger partial charge in [-0.15, -0.1) is 0 Å². The largest absolute Gasteiger partial charge is 0.387 e. The molecule has 0 aliphatic carbocycles. The van der Waals surface area contributed by atoms with Crippen LogP contribution in [-0.2, 0) is 10.8 Å². The van der Waals surface area contributed by atoms with Crippen LogP contribution in [0.4, 0.5) is 0 Å². The Bertz CT molecular complexity index is 495. The van der Waals surface area contributed by atoms with Crippen molar-refractivity contribution in [3.63, 3.8) is 0 Å². The van der Waals surface area contributed by atoms with Gasteiger partial charge in [-0.3, -0.25) is 0 Å². The smallest absolute Gasteiger partial charge is 0.0922 e. The van der Waals surface area contributed by atoms with E-state index >= 15 is 0 Å². The van der Waals surface area contributed by atoms with Gasteiger partial charge in [-0.25, -0.2) is 4.21 Å². The van der Waals surface area contributed by atoms with Crippen molar-refractivity contribution < 1.29 is 9.32 Å². The highest BCUT2D eigenvalue weighted by Gasteiger charge is 2.29. The Labute approximate surface area is 131 Å². The molecule has 21 heavy (non-hydrogen) atoms. The molecule has 1 aromatic carbocycles. The van der Waals surface area contributed by atoms with Gasteiger partial charge >= 0.3 is 0 Å². The quantitative estimate of drug-likeness (QED) is 0.781. The van der Waals surface area contributed by atoms with Gasteiger partial charge in [0.25, 0.3) is 0 Å². The third-order valence-corrected chi connectivity index (χ3v) is 4.96. The number of aliphatic hydroxyl groups is 1. The lowest BCUT2D eigenvalue weighted by atomic mass is 9.88. The van der Waals surface area contributed by atoms with Crippen LogP contribution in [0.15, 0.2) is 40.1 Å². The molecule has 0 heterocycles. The van der Waals surface area contributed by atoms with E-state index in [1.807, 2.05) is 58.0 Å². The molecule has 1 N–H and O–H groups in total. The van der Waals surface area contributed by atoms with Crippen LogP contribution in [0.2, 0.25) is 0 Å². The Morgan fingerprint density at radius 2 is 1.86 bits per heavy atom. The van der Waals surface area contributed by atoms with Crippen molar-refractivity contribution in [2.24, 2.45) is 5.41 Å². The molecule has 2 nitrogen and oxygen atoms in total. The first-order valence-corrected chi connectivity index (χ1v) is 8.79. The van der Waals surface area contributed by atoms with Crippen molar-refractivity contribution in [2.45, 2.75) is 64.9 Å². The summed E-state index contributed by atoms with van der Waals surface area (Å²) in [7, 11) is -1.30. The fraction of sp³-hybridized carbons (Fsp3) is 0.556. The molecule has 3 heteroatoms. The molecule has 0 saturated heterocycles. The highest BCUT2D eigenvalue weighted by Crippen LogP contribution is 2.30. The second-order valence-electron chi connectivity index (χ2n) is 6.60. The third kappa shape index (κ3) is 5.40. The topological polar surface area (TPSA) is 37.3 Å². The Morgan fingerprint density at radius 1 is 1.29 bits per heavy atom. The van der Waals surface area contributed by atoms with Crippen LogP contribution in [0.1, 0.15) is 52.5 Å². The third-order valence-electron chi connectivity index (χ3n) is 3.44. The van der Waals surface area contributed by atoms with Gasteiger partial charge in [0.15, 0.2) is 0 Å². The van der Waals surface area contributed by atoms with Crippen molar-refractivity contribution in [1.82, 2.24) is 0 Å². The van der Waals surface area contributed by atoms with Gasteiger partial charge in [0.1, 0.15) is 0 Å². The molecule has 0 amide bonds. The Morgan fingerprint density at radius 3 is 2.33 bits per heavy atom. The number of hydrogen-bond acceptors (Lipinski definition) is 2. The zero-order chi connectivity index (χ0) is 16.0. The van der Waals surface area contributed by atoms with Crippen LogP contribution in [-0.4, -0.2) is 15.4 Å².